The zero-order valence-electron chi connectivity index (χ0n) is 9.00. The molecule has 0 aliphatic carbocycles. The lowest BCUT2D eigenvalue weighted by molar-refractivity contribution is -0.113. The van der Waals surface area contributed by atoms with Gasteiger partial charge in [-0.25, -0.2) is 0 Å². The number of aliphatic hydroxyl groups excluding tert-OH is 1. The maximum absolute atomic E-state index is 10.9. The summed E-state index contributed by atoms with van der Waals surface area (Å²) in [5.41, 5.74) is 0.649. The molecular weight excluding hydrogens is 164 g/mol. The minimum Gasteiger partial charge on any atom is -0.389 e. The van der Waals surface area contributed by atoms with E-state index in [1.165, 1.54) is 6.92 Å². The van der Waals surface area contributed by atoms with E-state index >= 15 is 0 Å². The van der Waals surface area contributed by atoms with Crippen LogP contribution in [-0.4, -0.2) is 17.0 Å². The molecule has 0 aliphatic heterocycles. The van der Waals surface area contributed by atoms with Crippen LogP contribution < -0.4 is 0 Å². The van der Waals surface area contributed by atoms with Crippen LogP contribution >= 0.6 is 0 Å². The average molecular weight is 184 g/mol. The van der Waals surface area contributed by atoms with Gasteiger partial charge in [0.15, 0.2) is 5.78 Å². The average Bonchev–Trinajstić information content (AvgIpc) is 2.04. The molecule has 76 valence electrons. The van der Waals surface area contributed by atoms with Crippen molar-refractivity contribution in [2.45, 2.75) is 46.6 Å². The van der Waals surface area contributed by atoms with Gasteiger partial charge in [0.2, 0.25) is 0 Å². The minimum absolute atomic E-state index is 0.0303. The minimum atomic E-state index is -0.483. The van der Waals surface area contributed by atoms with Crippen LogP contribution in [0, 0.1) is 5.92 Å². The van der Waals surface area contributed by atoms with E-state index in [-0.39, 0.29) is 11.7 Å². The molecule has 0 bridgehead atoms. The Morgan fingerprint density at radius 2 is 2.00 bits per heavy atom. The van der Waals surface area contributed by atoms with Crippen molar-refractivity contribution in [3.63, 3.8) is 0 Å². The molecule has 1 N–H and O–H groups in total. The van der Waals surface area contributed by atoms with Crippen molar-refractivity contribution in [2.75, 3.05) is 0 Å². The van der Waals surface area contributed by atoms with E-state index in [4.69, 9.17) is 0 Å². The highest BCUT2D eigenvalue weighted by Gasteiger charge is 2.11. The summed E-state index contributed by atoms with van der Waals surface area (Å²) in [5.74, 6) is 0.266. The van der Waals surface area contributed by atoms with E-state index in [0.29, 0.717) is 5.57 Å². The van der Waals surface area contributed by atoms with E-state index in [9.17, 15) is 9.90 Å². The molecule has 0 aromatic heterocycles. The Kier molecular flexibility index (Phi) is 5.63. The highest BCUT2D eigenvalue weighted by molar-refractivity contribution is 5.92. The van der Waals surface area contributed by atoms with Gasteiger partial charge in [0, 0.05) is 0 Å². The van der Waals surface area contributed by atoms with Crippen molar-refractivity contribution >= 4 is 5.78 Å². The molecule has 0 amide bonds. The van der Waals surface area contributed by atoms with Crippen LogP contribution in [0.1, 0.15) is 40.5 Å². The van der Waals surface area contributed by atoms with Gasteiger partial charge in [0.1, 0.15) is 0 Å². The number of hydrogen-bond donors (Lipinski definition) is 1. The summed E-state index contributed by atoms with van der Waals surface area (Å²) < 4.78 is 0. The molecule has 0 aliphatic rings. The largest absolute Gasteiger partial charge is 0.389 e. The first-order chi connectivity index (χ1) is 5.99. The second kappa shape index (κ2) is 5.92. The Balaban J connectivity index is 4.19. The van der Waals surface area contributed by atoms with Crippen LogP contribution in [0.3, 0.4) is 0 Å². The summed E-state index contributed by atoms with van der Waals surface area (Å²) in [5, 5.41) is 9.64. The van der Waals surface area contributed by atoms with Gasteiger partial charge in [0.05, 0.1) is 6.10 Å². The van der Waals surface area contributed by atoms with Crippen LogP contribution in [0.2, 0.25) is 0 Å². The SMILES string of the molecule is CCCC(C)C(O)/C=C(\C)C(C)=O. The standard InChI is InChI=1S/C11H20O2/c1-5-6-8(2)11(13)7-9(3)10(4)12/h7-8,11,13H,5-6H2,1-4H3/b9-7+. The molecular formula is C11H20O2. The quantitative estimate of drug-likeness (QED) is 0.666. The van der Waals surface area contributed by atoms with Crippen LogP contribution in [0.5, 0.6) is 0 Å². The number of rotatable bonds is 5. The number of carbonyl (C=O) groups is 1. The molecule has 0 saturated carbocycles. The van der Waals surface area contributed by atoms with Crippen LogP contribution in [-0.2, 0) is 4.79 Å². The van der Waals surface area contributed by atoms with Crippen molar-refractivity contribution in [2.24, 2.45) is 5.92 Å². The monoisotopic (exact) mass is 184 g/mol. The van der Waals surface area contributed by atoms with Gasteiger partial charge in [-0.15, -0.1) is 0 Å². The molecule has 0 fully saturated rings. The Morgan fingerprint density at radius 3 is 2.38 bits per heavy atom. The molecule has 0 radical (unpaired) electrons. The van der Waals surface area contributed by atoms with Crippen molar-refractivity contribution in [3.8, 4) is 0 Å². The Bertz CT molecular complexity index is 194. The van der Waals surface area contributed by atoms with E-state index in [1.54, 1.807) is 13.0 Å². The predicted octanol–water partition coefficient (Wildman–Crippen LogP) is 2.32. The number of ketones is 1. The number of hydrogen-bond acceptors (Lipinski definition) is 2. The zero-order chi connectivity index (χ0) is 10.4. The van der Waals surface area contributed by atoms with Gasteiger partial charge in [-0.2, -0.15) is 0 Å². The van der Waals surface area contributed by atoms with Crippen LogP contribution in [0.4, 0.5) is 0 Å². The summed E-state index contributed by atoms with van der Waals surface area (Å²) in [6, 6.07) is 0. The Morgan fingerprint density at radius 1 is 1.46 bits per heavy atom. The van der Waals surface area contributed by atoms with Gasteiger partial charge in [0.25, 0.3) is 0 Å². The topological polar surface area (TPSA) is 37.3 Å². The van der Waals surface area contributed by atoms with Gasteiger partial charge < -0.3 is 5.11 Å². The Hall–Kier alpha value is -0.630. The maximum atomic E-state index is 10.9. The highest BCUT2D eigenvalue weighted by atomic mass is 16.3. The van der Waals surface area contributed by atoms with Gasteiger partial charge >= 0.3 is 0 Å². The van der Waals surface area contributed by atoms with Crippen molar-refractivity contribution in [1.82, 2.24) is 0 Å². The second-order valence-electron chi connectivity index (χ2n) is 3.66. The molecule has 0 aromatic rings. The predicted molar refractivity (Wildman–Crippen MR) is 54.5 cm³/mol. The van der Waals surface area contributed by atoms with Crippen LogP contribution in [0.25, 0.3) is 0 Å². The summed E-state index contributed by atoms with van der Waals surface area (Å²) in [6.07, 6.45) is 3.22. The summed E-state index contributed by atoms with van der Waals surface area (Å²) in [4.78, 5) is 10.9. The van der Waals surface area contributed by atoms with E-state index in [2.05, 4.69) is 6.92 Å². The number of Topliss-reactive ketones (excluding diaryl/α,β-unsaturated/α-hetero) is 1. The summed E-state index contributed by atoms with van der Waals surface area (Å²) in [7, 11) is 0. The van der Waals surface area contributed by atoms with E-state index < -0.39 is 6.10 Å². The van der Waals surface area contributed by atoms with Crippen molar-refractivity contribution < 1.29 is 9.90 Å². The molecule has 2 nitrogen and oxygen atoms in total. The number of aliphatic hydroxyl groups is 1. The van der Waals surface area contributed by atoms with Crippen molar-refractivity contribution in [3.05, 3.63) is 11.6 Å². The number of allylic oxidation sites excluding steroid dienone is 1. The fraction of sp³-hybridized carbons (Fsp3) is 0.727. The normalized spacial score (nSPS) is 16.8. The molecule has 0 rings (SSSR count). The Labute approximate surface area is 80.7 Å². The fourth-order valence-electron chi connectivity index (χ4n) is 1.16. The molecule has 2 atom stereocenters. The van der Waals surface area contributed by atoms with Crippen LogP contribution in [0.15, 0.2) is 11.6 Å². The molecule has 2 unspecified atom stereocenters. The van der Waals surface area contributed by atoms with Crippen molar-refractivity contribution in [1.29, 1.82) is 0 Å². The summed E-state index contributed by atoms with van der Waals surface area (Å²) in [6.45, 7) is 7.34. The molecule has 13 heavy (non-hydrogen) atoms. The molecule has 0 aromatic carbocycles. The third kappa shape index (κ3) is 4.83. The van der Waals surface area contributed by atoms with Gasteiger partial charge in [-0.1, -0.05) is 20.3 Å². The first-order valence-corrected chi connectivity index (χ1v) is 4.86. The lowest BCUT2D eigenvalue weighted by Crippen LogP contribution is -2.15. The zero-order valence-corrected chi connectivity index (χ0v) is 9.00. The maximum Gasteiger partial charge on any atom is 0.155 e. The smallest absolute Gasteiger partial charge is 0.155 e. The van der Waals surface area contributed by atoms with Gasteiger partial charge in [-0.05, 0) is 37.8 Å². The fourth-order valence-corrected chi connectivity index (χ4v) is 1.16. The third-order valence-electron chi connectivity index (χ3n) is 2.30. The molecule has 0 heterocycles. The molecule has 0 saturated heterocycles. The highest BCUT2D eigenvalue weighted by Crippen LogP contribution is 2.13. The van der Waals surface area contributed by atoms with Gasteiger partial charge in [-0.3, -0.25) is 4.79 Å². The van der Waals surface area contributed by atoms with E-state index in [1.807, 2.05) is 6.92 Å². The lowest BCUT2D eigenvalue weighted by Gasteiger charge is -2.14. The first kappa shape index (κ1) is 12.4. The third-order valence-corrected chi connectivity index (χ3v) is 2.30. The molecule has 2 heteroatoms. The number of carbonyl (C=O) groups excluding carboxylic acids is 1. The molecule has 0 spiro atoms. The lowest BCUT2D eigenvalue weighted by atomic mass is 9.97. The first-order valence-electron chi connectivity index (χ1n) is 4.86. The summed E-state index contributed by atoms with van der Waals surface area (Å²) >= 11 is 0. The van der Waals surface area contributed by atoms with E-state index in [0.717, 1.165) is 12.8 Å². The second-order valence-corrected chi connectivity index (χ2v) is 3.66.